The summed E-state index contributed by atoms with van der Waals surface area (Å²) in [6.07, 6.45) is 5.05. The van der Waals surface area contributed by atoms with E-state index in [0.717, 1.165) is 26.1 Å². The van der Waals surface area contributed by atoms with E-state index in [9.17, 15) is 10.2 Å². The highest BCUT2D eigenvalue weighted by atomic mass is 16.3. The zero-order valence-electron chi connectivity index (χ0n) is 15.4. The number of nitrogens with zero attached hydrogens (tertiary/aromatic N) is 3. The molecule has 1 fully saturated rings. The maximum Gasteiger partial charge on any atom is 0.0946 e. The van der Waals surface area contributed by atoms with Crippen LogP contribution in [-0.4, -0.2) is 79.8 Å². The number of aromatic nitrogens is 2. The predicted molar refractivity (Wildman–Crippen MR) is 94.7 cm³/mol. The Hall–Kier alpha value is -0.990. The molecule has 1 aliphatic heterocycles. The number of piperazine rings is 1. The molecular weight excluding hydrogens is 308 g/mol. The lowest BCUT2D eigenvalue weighted by Gasteiger charge is -2.46. The Kier molecular flexibility index (Phi) is 8.86. The number of imidazole rings is 1. The third kappa shape index (κ3) is 7.72. The Morgan fingerprint density at radius 1 is 1.12 bits per heavy atom. The summed E-state index contributed by atoms with van der Waals surface area (Å²) in [5, 5.41) is 31.2. The van der Waals surface area contributed by atoms with Gasteiger partial charge in [-0.1, -0.05) is 0 Å². The Bertz CT molecular complexity index is 437. The molecule has 0 spiro atoms. The zero-order chi connectivity index (χ0) is 18.2. The molecule has 4 unspecified atom stereocenters. The van der Waals surface area contributed by atoms with E-state index in [0.29, 0.717) is 13.1 Å². The SMILES string of the molecule is CC(O)CN1CCNCC1(C)CC(C)O.CC(O)Cn1ccnc1. The van der Waals surface area contributed by atoms with Crippen LogP contribution in [0.5, 0.6) is 0 Å². The van der Waals surface area contributed by atoms with Crippen LogP contribution < -0.4 is 5.32 Å². The van der Waals surface area contributed by atoms with Gasteiger partial charge in [0.1, 0.15) is 0 Å². The fourth-order valence-electron chi connectivity index (χ4n) is 3.12. The molecule has 4 atom stereocenters. The molecule has 2 heterocycles. The van der Waals surface area contributed by atoms with Gasteiger partial charge in [-0.3, -0.25) is 4.90 Å². The van der Waals surface area contributed by atoms with Crippen molar-refractivity contribution < 1.29 is 15.3 Å². The van der Waals surface area contributed by atoms with E-state index < -0.39 is 0 Å². The number of rotatable bonds is 6. The average Bonchev–Trinajstić information content (AvgIpc) is 2.93. The van der Waals surface area contributed by atoms with E-state index in [2.05, 4.69) is 22.1 Å². The van der Waals surface area contributed by atoms with Gasteiger partial charge in [0.2, 0.25) is 0 Å². The highest BCUT2D eigenvalue weighted by Crippen LogP contribution is 2.23. The maximum absolute atomic E-state index is 9.50. The number of β-amino-alcohol motifs (C(OH)–C–C–N with tert-alkyl or cyclic N) is 1. The number of aliphatic hydroxyl groups excluding tert-OH is 3. The van der Waals surface area contributed by atoms with E-state index in [-0.39, 0.29) is 23.9 Å². The third-order valence-electron chi connectivity index (χ3n) is 4.08. The van der Waals surface area contributed by atoms with Crippen molar-refractivity contribution in [2.75, 3.05) is 26.2 Å². The highest BCUT2D eigenvalue weighted by molar-refractivity contribution is 4.93. The van der Waals surface area contributed by atoms with Crippen LogP contribution in [0.25, 0.3) is 0 Å². The van der Waals surface area contributed by atoms with Gasteiger partial charge in [-0.05, 0) is 34.1 Å². The molecule has 1 saturated heterocycles. The standard InChI is InChI=1S/C11H24N2O2.C6H10N2O/c1-9(14)6-11(3)8-12-4-5-13(11)7-10(2)15;1-6(9)4-8-3-2-7-5-8/h9-10,12,14-15H,4-8H2,1-3H3;2-3,5-6,9H,4H2,1H3. The van der Waals surface area contributed by atoms with Crippen molar-refractivity contribution in [3.05, 3.63) is 18.7 Å². The molecule has 140 valence electrons. The molecule has 7 heteroatoms. The first kappa shape index (κ1) is 21.1. The van der Waals surface area contributed by atoms with E-state index in [1.807, 2.05) is 24.6 Å². The van der Waals surface area contributed by atoms with Crippen LogP contribution in [0.4, 0.5) is 0 Å². The quantitative estimate of drug-likeness (QED) is 0.584. The lowest BCUT2D eigenvalue weighted by atomic mass is 9.90. The second-order valence-electron chi connectivity index (χ2n) is 7.13. The fraction of sp³-hybridized carbons (Fsp3) is 0.824. The molecular formula is C17H34N4O3. The molecule has 0 aromatic carbocycles. The monoisotopic (exact) mass is 342 g/mol. The molecule has 0 aliphatic carbocycles. The van der Waals surface area contributed by atoms with Crippen molar-refractivity contribution in [3.63, 3.8) is 0 Å². The van der Waals surface area contributed by atoms with Crippen LogP contribution in [0.15, 0.2) is 18.7 Å². The van der Waals surface area contributed by atoms with Crippen molar-refractivity contribution in [1.29, 1.82) is 0 Å². The topological polar surface area (TPSA) is 93.8 Å². The second kappa shape index (κ2) is 10.1. The van der Waals surface area contributed by atoms with Crippen LogP contribution in [-0.2, 0) is 6.54 Å². The number of hydrogen-bond acceptors (Lipinski definition) is 6. The summed E-state index contributed by atoms with van der Waals surface area (Å²) in [5.41, 5.74) is -0.0383. The highest BCUT2D eigenvalue weighted by Gasteiger charge is 2.35. The predicted octanol–water partition coefficient (Wildman–Crippen LogP) is 0.0659. The van der Waals surface area contributed by atoms with E-state index >= 15 is 0 Å². The fourth-order valence-corrected chi connectivity index (χ4v) is 3.12. The number of hydrogen-bond donors (Lipinski definition) is 4. The first-order valence-electron chi connectivity index (χ1n) is 8.68. The molecule has 7 nitrogen and oxygen atoms in total. The second-order valence-corrected chi connectivity index (χ2v) is 7.13. The summed E-state index contributed by atoms with van der Waals surface area (Å²) in [6, 6.07) is 0. The molecule has 2 rings (SSSR count). The lowest BCUT2D eigenvalue weighted by Crippen LogP contribution is -2.61. The minimum Gasteiger partial charge on any atom is -0.393 e. The molecule has 1 aromatic heterocycles. The minimum absolute atomic E-state index is 0.0383. The number of nitrogens with one attached hydrogen (secondary N) is 1. The lowest BCUT2D eigenvalue weighted by molar-refractivity contribution is 0.00173. The van der Waals surface area contributed by atoms with Gasteiger partial charge in [0.05, 0.1) is 24.6 Å². The zero-order valence-corrected chi connectivity index (χ0v) is 15.4. The largest absolute Gasteiger partial charge is 0.393 e. The molecule has 4 N–H and O–H groups in total. The number of aliphatic hydroxyl groups is 3. The molecule has 1 aromatic rings. The van der Waals surface area contributed by atoms with Gasteiger partial charge in [-0.2, -0.15) is 0 Å². The first-order valence-corrected chi connectivity index (χ1v) is 8.68. The Morgan fingerprint density at radius 2 is 1.79 bits per heavy atom. The van der Waals surface area contributed by atoms with Crippen LogP contribution in [0, 0.1) is 0 Å². The smallest absolute Gasteiger partial charge is 0.0946 e. The van der Waals surface area contributed by atoms with Gasteiger partial charge in [0.25, 0.3) is 0 Å². The summed E-state index contributed by atoms with van der Waals surface area (Å²) in [6.45, 7) is 11.6. The van der Waals surface area contributed by atoms with Gasteiger partial charge in [-0.25, -0.2) is 4.98 Å². The van der Waals surface area contributed by atoms with E-state index in [4.69, 9.17) is 5.11 Å². The summed E-state index contributed by atoms with van der Waals surface area (Å²) in [5.74, 6) is 0. The van der Waals surface area contributed by atoms with Gasteiger partial charge < -0.3 is 25.2 Å². The van der Waals surface area contributed by atoms with Crippen molar-refractivity contribution in [2.24, 2.45) is 0 Å². The summed E-state index contributed by atoms with van der Waals surface area (Å²) in [7, 11) is 0. The van der Waals surface area contributed by atoms with Crippen LogP contribution in [0.3, 0.4) is 0 Å². The van der Waals surface area contributed by atoms with Crippen molar-refractivity contribution in [2.45, 2.75) is 64.5 Å². The Labute approximate surface area is 145 Å². The first-order chi connectivity index (χ1) is 11.2. The van der Waals surface area contributed by atoms with E-state index in [1.165, 1.54) is 0 Å². The van der Waals surface area contributed by atoms with Crippen LogP contribution in [0.2, 0.25) is 0 Å². The average molecular weight is 342 g/mol. The van der Waals surface area contributed by atoms with Crippen molar-refractivity contribution >= 4 is 0 Å². The molecule has 0 amide bonds. The minimum atomic E-state index is -0.309. The van der Waals surface area contributed by atoms with Gasteiger partial charge >= 0.3 is 0 Å². The van der Waals surface area contributed by atoms with Gasteiger partial charge in [0.15, 0.2) is 0 Å². The molecule has 24 heavy (non-hydrogen) atoms. The van der Waals surface area contributed by atoms with E-state index in [1.54, 1.807) is 19.4 Å². The van der Waals surface area contributed by atoms with Crippen molar-refractivity contribution in [1.82, 2.24) is 19.8 Å². The molecule has 0 bridgehead atoms. The maximum atomic E-state index is 9.50. The third-order valence-corrected chi connectivity index (χ3v) is 4.08. The summed E-state index contributed by atoms with van der Waals surface area (Å²) >= 11 is 0. The Balaban J connectivity index is 0.000000272. The molecule has 0 saturated carbocycles. The van der Waals surface area contributed by atoms with Crippen LogP contribution >= 0.6 is 0 Å². The van der Waals surface area contributed by atoms with Gasteiger partial charge in [-0.15, -0.1) is 0 Å². The van der Waals surface area contributed by atoms with Gasteiger partial charge in [0, 0.05) is 50.7 Å². The van der Waals surface area contributed by atoms with Crippen LogP contribution in [0.1, 0.15) is 34.1 Å². The summed E-state index contributed by atoms with van der Waals surface area (Å²) < 4.78 is 1.84. The molecule has 0 radical (unpaired) electrons. The molecule has 1 aliphatic rings. The van der Waals surface area contributed by atoms with Crippen molar-refractivity contribution in [3.8, 4) is 0 Å². The normalized spacial score (nSPS) is 25.5. The Morgan fingerprint density at radius 3 is 2.29 bits per heavy atom. The summed E-state index contributed by atoms with van der Waals surface area (Å²) in [4.78, 5) is 6.11.